The molecule has 5 heteroatoms. The first kappa shape index (κ1) is 6.90. The van der Waals surface area contributed by atoms with Gasteiger partial charge in [-0.25, -0.2) is 0 Å². The lowest BCUT2D eigenvalue weighted by Gasteiger charge is -1.94. The summed E-state index contributed by atoms with van der Waals surface area (Å²) in [4.78, 5) is 11.1. The summed E-state index contributed by atoms with van der Waals surface area (Å²) in [5.74, 6) is 0. The van der Waals surface area contributed by atoms with E-state index in [4.69, 9.17) is 0 Å². The van der Waals surface area contributed by atoms with Crippen molar-refractivity contribution in [2.24, 2.45) is 7.05 Å². The van der Waals surface area contributed by atoms with Crippen molar-refractivity contribution in [1.82, 2.24) is 20.0 Å². The Hall–Kier alpha value is -1.78. The number of aryl methyl sites for hydroxylation is 1. The summed E-state index contributed by atoms with van der Waals surface area (Å²) in [6.07, 6.45) is 3.28. The second-order valence-corrected chi connectivity index (χ2v) is 2.50. The number of nitrogens with one attached hydrogen (secondary N) is 2. The SMILES string of the molecule is Cn1nccc1-c1c[nH][nH]c1=O. The van der Waals surface area contributed by atoms with Crippen molar-refractivity contribution in [1.29, 1.82) is 0 Å². The van der Waals surface area contributed by atoms with Crippen molar-refractivity contribution < 1.29 is 0 Å². The van der Waals surface area contributed by atoms with Gasteiger partial charge in [0.25, 0.3) is 5.56 Å². The van der Waals surface area contributed by atoms with Gasteiger partial charge in [0.05, 0.1) is 11.3 Å². The Labute approximate surface area is 68.0 Å². The number of rotatable bonds is 1. The lowest BCUT2D eigenvalue weighted by atomic mass is 10.2. The van der Waals surface area contributed by atoms with Gasteiger partial charge in [0.15, 0.2) is 0 Å². The first-order valence-corrected chi connectivity index (χ1v) is 3.53. The van der Waals surface area contributed by atoms with Gasteiger partial charge in [0.2, 0.25) is 0 Å². The van der Waals surface area contributed by atoms with Crippen LogP contribution in [-0.2, 0) is 7.05 Å². The fourth-order valence-corrected chi connectivity index (χ4v) is 1.14. The molecule has 0 amide bonds. The van der Waals surface area contributed by atoms with E-state index in [1.165, 1.54) is 0 Å². The van der Waals surface area contributed by atoms with Gasteiger partial charge in [-0.2, -0.15) is 5.10 Å². The average molecular weight is 164 g/mol. The van der Waals surface area contributed by atoms with Crippen molar-refractivity contribution in [2.75, 3.05) is 0 Å². The normalized spacial score (nSPS) is 10.4. The third-order valence-corrected chi connectivity index (χ3v) is 1.74. The second kappa shape index (κ2) is 2.37. The minimum Gasteiger partial charge on any atom is -0.305 e. The molecule has 0 aliphatic heterocycles. The molecule has 0 radical (unpaired) electrons. The second-order valence-electron chi connectivity index (χ2n) is 2.50. The van der Waals surface area contributed by atoms with E-state index in [2.05, 4.69) is 15.3 Å². The van der Waals surface area contributed by atoms with Crippen LogP contribution in [0.25, 0.3) is 11.3 Å². The maximum Gasteiger partial charge on any atom is 0.273 e. The third kappa shape index (κ3) is 0.868. The molecule has 2 rings (SSSR count). The van der Waals surface area contributed by atoms with Crippen LogP contribution in [0.5, 0.6) is 0 Å². The van der Waals surface area contributed by atoms with Crippen LogP contribution in [0.3, 0.4) is 0 Å². The highest BCUT2D eigenvalue weighted by atomic mass is 16.1. The highest BCUT2D eigenvalue weighted by Gasteiger charge is 2.06. The molecule has 0 saturated carbocycles. The summed E-state index contributed by atoms with van der Waals surface area (Å²) in [5, 5.41) is 9.06. The van der Waals surface area contributed by atoms with E-state index < -0.39 is 0 Å². The maximum absolute atomic E-state index is 11.1. The zero-order valence-electron chi connectivity index (χ0n) is 6.53. The summed E-state index contributed by atoms with van der Waals surface area (Å²) in [7, 11) is 1.79. The zero-order chi connectivity index (χ0) is 8.55. The number of hydrogen-bond acceptors (Lipinski definition) is 2. The fourth-order valence-electron chi connectivity index (χ4n) is 1.14. The number of aromatic amines is 2. The lowest BCUT2D eigenvalue weighted by molar-refractivity contribution is 0.775. The Kier molecular flexibility index (Phi) is 1.36. The number of aromatic nitrogens is 4. The maximum atomic E-state index is 11.1. The van der Waals surface area contributed by atoms with Crippen LogP contribution in [0.1, 0.15) is 0 Å². The molecule has 0 spiro atoms. The molecule has 0 aliphatic rings. The van der Waals surface area contributed by atoms with Gasteiger partial charge in [0, 0.05) is 19.4 Å². The Morgan fingerprint density at radius 2 is 2.42 bits per heavy atom. The smallest absolute Gasteiger partial charge is 0.273 e. The monoisotopic (exact) mass is 164 g/mol. The Balaban J connectivity index is 2.65. The molecular formula is C7H8N4O. The number of hydrogen-bond donors (Lipinski definition) is 2. The fraction of sp³-hybridized carbons (Fsp3) is 0.143. The molecule has 0 fully saturated rings. The first-order chi connectivity index (χ1) is 5.79. The van der Waals surface area contributed by atoms with Gasteiger partial charge >= 0.3 is 0 Å². The van der Waals surface area contributed by atoms with Crippen LogP contribution in [0.2, 0.25) is 0 Å². The minimum atomic E-state index is -0.126. The van der Waals surface area contributed by atoms with Gasteiger partial charge < -0.3 is 5.10 Å². The Bertz CT molecular complexity index is 436. The summed E-state index contributed by atoms with van der Waals surface area (Å²) in [6, 6.07) is 1.79. The van der Waals surface area contributed by atoms with E-state index in [-0.39, 0.29) is 5.56 Å². The van der Waals surface area contributed by atoms with Gasteiger partial charge in [0.1, 0.15) is 0 Å². The highest BCUT2D eigenvalue weighted by Crippen LogP contribution is 2.10. The van der Waals surface area contributed by atoms with Crippen molar-refractivity contribution in [3.05, 3.63) is 28.8 Å². The molecule has 0 unspecified atom stereocenters. The van der Waals surface area contributed by atoms with E-state index in [0.29, 0.717) is 5.56 Å². The molecule has 2 aromatic heterocycles. The van der Waals surface area contributed by atoms with E-state index in [1.54, 1.807) is 30.2 Å². The summed E-state index contributed by atoms with van der Waals surface area (Å²) in [6.45, 7) is 0. The predicted molar refractivity (Wildman–Crippen MR) is 43.6 cm³/mol. The molecule has 2 N–H and O–H groups in total. The standard InChI is InChI=1S/C7H8N4O/c1-11-6(2-3-9-11)5-4-8-10-7(5)12/h2-4H,1H3,(H2,8,10,12). The Morgan fingerprint density at radius 1 is 1.58 bits per heavy atom. The molecule has 0 atom stereocenters. The van der Waals surface area contributed by atoms with Crippen molar-refractivity contribution in [2.45, 2.75) is 0 Å². The van der Waals surface area contributed by atoms with Gasteiger partial charge in [-0.3, -0.25) is 14.6 Å². The van der Waals surface area contributed by atoms with Crippen LogP contribution in [0, 0.1) is 0 Å². The zero-order valence-corrected chi connectivity index (χ0v) is 6.53. The summed E-state index contributed by atoms with van der Waals surface area (Å²) in [5.41, 5.74) is 1.28. The third-order valence-electron chi connectivity index (χ3n) is 1.74. The van der Waals surface area contributed by atoms with E-state index in [9.17, 15) is 4.79 Å². The molecule has 0 aromatic carbocycles. The molecule has 12 heavy (non-hydrogen) atoms. The molecule has 2 aromatic rings. The van der Waals surface area contributed by atoms with Crippen LogP contribution >= 0.6 is 0 Å². The van der Waals surface area contributed by atoms with Crippen molar-refractivity contribution in [3.63, 3.8) is 0 Å². The Morgan fingerprint density at radius 3 is 2.92 bits per heavy atom. The van der Waals surface area contributed by atoms with Crippen LogP contribution in [0.4, 0.5) is 0 Å². The molecule has 2 heterocycles. The molecule has 0 saturated heterocycles. The number of nitrogens with zero attached hydrogens (tertiary/aromatic N) is 2. The summed E-state index contributed by atoms with van der Waals surface area (Å²) < 4.78 is 1.65. The van der Waals surface area contributed by atoms with Crippen molar-refractivity contribution >= 4 is 0 Å². The van der Waals surface area contributed by atoms with Crippen LogP contribution < -0.4 is 5.56 Å². The van der Waals surface area contributed by atoms with Gasteiger partial charge in [-0.15, -0.1) is 0 Å². The molecule has 0 aliphatic carbocycles. The topological polar surface area (TPSA) is 66.5 Å². The largest absolute Gasteiger partial charge is 0.305 e. The van der Waals surface area contributed by atoms with Gasteiger partial charge in [-0.05, 0) is 6.07 Å². The predicted octanol–water partition coefficient (Wildman–Crippen LogP) is 0.104. The van der Waals surface area contributed by atoms with Crippen LogP contribution in [-0.4, -0.2) is 20.0 Å². The lowest BCUT2D eigenvalue weighted by Crippen LogP contribution is -2.04. The molecule has 62 valence electrons. The summed E-state index contributed by atoms with van der Waals surface area (Å²) >= 11 is 0. The molecular weight excluding hydrogens is 156 g/mol. The van der Waals surface area contributed by atoms with Gasteiger partial charge in [-0.1, -0.05) is 0 Å². The highest BCUT2D eigenvalue weighted by molar-refractivity contribution is 5.56. The van der Waals surface area contributed by atoms with E-state index in [1.807, 2.05) is 0 Å². The number of H-pyrrole nitrogens is 2. The molecule has 0 bridgehead atoms. The molecule has 5 nitrogen and oxygen atoms in total. The van der Waals surface area contributed by atoms with Crippen molar-refractivity contribution in [3.8, 4) is 11.3 Å². The van der Waals surface area contributed by atoms with E-state index >= 15 is 0 Å². The van der Waals surface area contributed by atoms with E-state index in [0.717, 1.165) is 5.69 Å². The minimum absolute atomic E-state index is 0.126. The van der Waals surface area contributed by atoms with Crippen LogP contribution in [0.15, 0.2) is 23.3 Å². The average Bonchev–Trinajstić information content (AvgIpc) is 2.59. The quantitative estimate of drug-likeness (QED) is 0.627. The first-order valence-electron chi connectivity index (χ1n) is 3.53.